The number of hydrogen-bond acceptors (Lipinski definition) is 5. The van der Waals surface area contributed by atoms with Crippen molar-refractivity contribution in [3.05, 3.63) is 75.2 Å². The number of nitro groups is 1. The Hall–Kier alpha value is -3.22. The van der Waals surface area contributed by atoms with Gasteiger partial charge in [0.05, 0.1) is 16.2 Å². The number of benzene rings is 1. The first-order valence-corrected chi connectivity index (χ1v) is 7.31. The van der Waals surface area contributed by atoms with E-state index in [-0.39, 0.29) is 17.9 Å². The second-order valence-electron chi connectivity index (χ2n) is 5.49. The third-order valence-electron chi connectivity index (χ3n) is 3.71. The summed E-state index contributed by atoms with van der Waals surface area (Å²) in [5, 5.41) is 10.8. The van der Waals surface area contributed by atoms with Gasteiger partial charge in [-0.15, -0.1) is 0 Å². The van der Waals surface area contributed by atoms with Gasteiger partial charge in [-0.25, -0.2) is 9.78 Å². The molecule has 0 atom stereocenters. The molecule has 3 rings (SSSR count). The summed E-state index contributed by atoms with van der Waals surface area (Å²) in [6, 6.07) is 8.02. The summed E-state index contributed by atoms with van der Waals surface area (Å²) in [7, 11) is 0. The highest BCUT2D eigenvalue weighted by Crippen LogP contribution is 2.19. The smallest absolute Gasteiger partial charge is 0.338 e. The van der Waals surface area contributed by atoms with Gasteiger partial charge in [0.2, 0.25) is 0 Å². The third-order valence-corrected chi connectivity index (χ3v) is 3.71. The number of aryl methyl sites for hydroxylation is 2. The minimum absolute atomic E-state index is 0.0256. The SMILES string of the molecule is Cc1cc(C(=O)OCc2cn3cccc(C)c3n2)ccc1[N+](=O)[O-]. The summed E-state index contributed by atoms with van der Waals surface area (Å²) in [4.78, 5) is 26.9. The Balaban J connectivity index is 1.74. The van der Waals surface area contributed by atoms with Gasteiger partial charge < -0.3 is 9.14 Å². The lowest BCUT2D eigenvalue weighted by molar-refractivity contribution is -0.385. The number of pyridine rings is 1. The quantitative estimate of drug-likeness (QED) is 0.417. The molecule has 0 aliphatic rings. The van der Waals surface area contributed by atoms with E-state index in [0.717, 1.165) is 11.2 Å². The van der Waals surface area contributed by atoms with E-state index < -0.39 is 10.9 Å². The first-order chi connectivity index (χ1) is 11.5. The molecule has 0 amide bonds. The van der Waals surface area contributed by atoms with E-state index in [0.29, 0.717) is 11.3 Å². The number of fused-ring (bicyclic) bond motifs is 1. The maximum Gasteiger partial charge on any atom is 0.338 e. The molecule has 0 saturated heterocycles. The lowest BCUT2D eigenvalue weighted by atomic mass is 10.1. The van der Waals surface area contributed by atoms with Crippen LogP contribution in [-0.2, 0) is 11.3 Å². The lowest BCUT2D eigenvalue weighted by Crippen LogP contribution is -2.06. The van der Waals surface area contributed by atoms with Crippen LogP contribution in [0.15, 0.2) is 42.7 Å². The van der Waals surface area contributed by atoms with Gasteiger partial charge >= 0.3 is 5.97 Å². The molecule has 3 aromatic rings. The molecular formula is C17H15N3O4. The van der Waals surface area contributed by atoms with E-state index in [1.54, 1.807) is 13.1 Å². The van der Waals surface area contributed by atoms with Crippen molar-refractivity contribution in [3.63, 3.8) is 0 Å². The van der Waals surface area contributed by atoms with Gasteiger partial charge in [-0.05, 0) is 37.6 Å². The number of rotatable bonds is 4. The summed E-state index contributed by atoms with van der Waals surface area (Å²) >= 11 is 0. The van der Waals surface area contributed by atoms with Crippen LogP contribution in [0.4, 0.5) is 5.69 Å². The highest BCUT2D eigenvalue weighted by Gasteiger charge is 2.15. The first kappa shape index (κ1) is 15.7. The van der Waals surface area contributed by atoms with Crippen LogP contribution in [0.2, 0.25) is 0 Å². The Morgan fingerprint density at radius 1 is 1.29 bits per heavy atom. The first-order valence-electron chi connectivity index (χ1n) is 7.31. The number of nitrogens with zero attached hydrogens (tertiary/aromatic N) is 3. The Bertz CT molecular complexity index is 946. The molecule has 2 heterocycles. The van der Waals surface area contributed by atoms with Crippen LogP contribution in [0, 0.1) is 24.0 Å². The van der Waals surface area contributed by atoms with Crippen molar-refractivity contribution in [2.24, 2.45) is 0 Å². The molecule has 0 aliphatic carbocycles. The van der Waals surface area contributed by atoms with Gasteiger partial charge in [0.1, 0.15) is 12.3 Å². The molecule has 0 fully saturated rings. The van der Waals surface area contributed by atoms with Crippen LogP contribution < -0.4 is 0 Å². The second kappa shape index (κ2) is 6.11. The van der Waals surface area contributed by atoms with Crippen LogP contribution in [0.25, 0.3) is 5.65 Å². The second-order valence-corrected chi connectivity index (χ2v) is 5.49. The van der Waals surface area contributed by atoms with Crippen molar-refractivity contribution in [2.45, 2.75) is 20.5 Å². The van der Waals surface area contributed by atoms with E-state index in [1.165, 1.54) is 18.2 Å². The molecule has 0 saturated carbocycles. The molecule has 122 valence electrons. The maximum atomic E-state index is 12.1. The fraction of sp³-hybridized carbons (Fsp3) is 0.176. The van der Waals surface area contributed by atoms with Crippen LogP contribution in [-0.4, -0.2) is 20.3 Å². The average Bonchev–Trinajstić information content (AvgIpc) is 2.96. The van der Waals surface area contributed by atoms with Gasteiger partial charge in [0.15, 0.2) is 0 Å². The van der Waals surface area contributed by atoms with E-state index in [2.05, 4.69) is 4.98 Å². The highest BCUT2D eigenvalue weighted by molar-refractivity contribution is 5.90. The number of carbonyl (C=O) groups is 1. The number of carbonyl (C=O) groups excluding carboxylic acids is 1. The van der Waals surface area contributed by atoms with E-state index in [1.807, 2.05) is 29.7 Å². The van der Waals surface area contributed by atoms with E-state index in [9.17, 15) is 14.9 Å². The van der Waals surface area contributed by atoms with Crippen LogP contribution in [0.3, 0.4) is 0 Å². The van der Waals surface area contributed by atoms with Crippen LogP contribution >= 0.6 is 0 Å². The Morgan fingerprint density at radius 2 is 2.08 bits per heavy atom. The zero-order valence-electron chi connectivity index (χ0n) is 13.2. The number of aromatic nitrogens is 2. The van der Waals surface area contributed by atoms with Crippen molar-refractivity contribution >= 4 is 17.3 Å². The number of esters is 1. The minimum atomic E-state index is -0.540. The Morgan fingerprint density at radius 3 is 2.75 bits per heavy atom. The van der Waals surface area contributed by atoms with Gasteiger partial charge in [0.25, 0.3) is 5.69 Å². The van der Waals surface area contributed by atoms with Crippen molar-refractivity contribution < 1.29 is 14.5 Å². The molecule has 7 nitrogen and oxygen atoms in total. The number of imidazole rings is 1. The topological polar surface area (TPSA) is 86.7 Å². The van der Waals surface area contributed by atoms with Crippen molar-refractivity contribution in [1.29, 1.82) is 0 Å². The number of hydrogen-bond donors (Lipinski definition) is 0. The molecule has 0 bridgehead atoms. The fourth-order valence-electron chi connectivity index (χ4n) is 2.48. The standard InChI is InChI=1S/C17H15N3O4/c1-11-4-3-7-19-9-14(18-16(11)19)10-24-17(21)13-5-6-15(20(22)23)12(2)8-13/h3-9H,10H2,1-2H3. The lowest BCUT2D eigenvalue weighted by Gasteiger charge is -2.04. The van der Waals surface area contributed by atoms with Gasteiger partial charge in [0, 0.05) is 24.0 Å². The summed E-state index contributed by atoms with van der Waals surface area (Å²) in [6.07, 6.45) is 3.68. The van der Waals surface area contributed by atoms with Crippen molar-refractivity contribution in [1.82, 2.24) is 9.38 Å². The predicted octanol–water partition coefficient (Wildman–Crippen LogP) is 3.22. The normalized spacial score (nSPS) is 10.8. The highest BCUT2D eigenvalue weighted by atomic mass is 16.6. The molecule has 0 N–H and O–H groups in total. The summed E-state index contributed by atoms with van der Waals surface area (Å²) < 4.78 is 7.12. The zero-order chi connectivity index (χ0) is 17.3. The summed E-state index contributed by atoms with van der Waals surface area (Å²) in [5.74, 6) is -0.540. The van der Waals surface area contributed by atoms with E-state index in [4.69, 9.17) is 4.74 Å². The summed E-state index contributed by atoms with van der Waals surface area (Å²) in [5.41, 5.74) is 3.14. The summed E-state index contributed by atoms with van der Waals surface area (Å²) in [6.45, 7) is 3.58. The van der Waals surface area contributed by atoms with Crippen molar-refractivity contribution in [3.8, 4) is 0 Å². The van der Waals surface area contributed by atoms with E-state index >= 15 is 0 Å². The molecule has 0 unspecified atom stereocenters. The van der Waals surface area contributed by atoms with Crippen LogP contribution in [0.5, 0.6) is 0 Å². The predicted molar refractivity (Wildman–Crippen MR) is 86.9 cm³/mol. The molecule has 7 heteroatoms. The largest absolute Gasteiger partial charge is 0.456 e. The molecule has 2 aromatic heterocycles. The molecule has 1 aromatic carbocycles. The maximum absolute atomic E-state index is 12.1. The van der Waals surface area contributed by atoms with Crippen molar-refractivity contribution in [2.75, 3.05) is 0 Å². The fourth-order valence-corrected chi connectivity index (χ4v) is 2.48. The average molecular weight is 325 g/mol. The zero-order valence-corrected chi connectivity index (χ0v) is 13.2. The van der Waals surface area contributed by atoms with Crippen LogP contribution in [0.1, 0.15) is 27.2 Å². The minimum Gasteiger partial charge on any atom is -0.456 e. The molecule has 24 heavy (non-hydrogen) atoms. The van der Waals surface area contributed by atoms with Gasteiger partial charge in [-0.3, -0.25) is 10.1 Å². The monoisotopic (exact) mass is 325 g/mol. The number of ether oxygens (including phenoxy) is 1. The molecule has 0 radical (unpaired) electrons. The Labute approximate surface area is 137 Å². The van der Waals surface area contributed by atoms with Gasteiger partial charge in [-0.2, -0.15) is 0 Å². The molecule has 0 spiro atoms. The van der Waals surface area contributed by atoms with Gasteiger partial charge in [-0.1, -0.05) is 6.07 Å². The molecule has 0 aliphatic heterocycles. The third kappa shape index (κ3) is 2.96. The Kier molecular flexibility index (Phi) is 3.99. The number of nitro benzene ring substituents is 1. The molecular weight excluding hydrogens is 310 g/mol.